The third-order valence-corrected chi connectivity index (χ3v) is 12.9. The summed E-state index contributed by atoms with van der Waals surface area (Å²) in [5.74, 6) is -4.50. The molecule has 1 atom stereocenters. The highest BCUT2D eigenvalue weighted by Gasteiger charge is 2.39. The molecule has 0 unspecified atom stereocenters. The molecule has 0 spiro atoms. The summed E-state index contributed by atoms with van der Waals surface area (Å²) in [7, 11) is 0. The molecule has 9 rings (SSSR count). The molecular weight excluding hydrogens is 787 g/mol. The van der Waals surface area contributed by atoms with Gasteiger partial charge in [0, 0.05) is 85.8 Å². The lowest BCUT2D eigenvalue weighted by molar-refractivity contribution is -0.138. The van der Waals surface area contributed by atoms with Crippen LogP contribution in [0.1, 0.15) is 91.5 Å². The lowest BCUT2D eigenvalue weighted by Gasteiger charge is -2.45. The molecule has 6 heterocycles. The summed E-state index contributed by atoms with van der Waals surface area (Å²) >= 11 is 0. The van der Waals surface area contributed by atoms with Gasteiger partial charge in [0.15, 0.2) is 0 Å². The molecule has 4 aliphatic rings. The van der Waals surface area contributed by atoms with E-state index in [9.17, 15) is 29.5 Å². The van der Waals surface area contributed by atoms with E-state index in [1.807, 2.05) is 27.9 Å². The van der Waals surface area contributed by atoms with Crippen LogP contribution >= 0.6 is 0 Å². The van der Waals surface area contributed by atoms with E-state index >= 15 is 8.78 Å². The Bertz CT molecular complexity index is 2600. The highest BCUT2D eigenvalue weighted by atomic mass is 19.1. The summed E-state index contributed by atoms with van der Waals surface area (Å²) < 4.78 is 33.7. The summed E-state index contributed by atoms with van der Waals surface area (Å²) in [5, 5.41) is 35.5. The third kappa shape index (κ3) is 7.70. The van der Waals surface area contributed by atoms with Crippen molar-refractivity contribution in [1.82, 2.24) is 34.5 Å². The van der Waals surface area contributed by atoms with Gasteiger partial charge >= 0.3 is 0 Å². The number of nitrogens with zero attached hydrogens (tertiary/aromatic N) is 8. The van der Waals surface area contributed by atoms with Gasteiger partial charge in [-0.3, -0.25) is 34.1 Å². The van der Waals surface area contributed by atoms with Crippen molar-refractivity contribution in [3.05, 3.63) is 88.9 Å². The smallest absolute Gasteiger partial charge is 0.274 e. The fraction of sp³-hybridized carbons (Fsp3) is 0.432. The Morgan fingerprint density at radius 3 is 2.33 bits per heavy atom. The number of piperazine rings is 1. The highest BCUT2D eigenvalue weighted by Crippen LogP contribution is 2.37. The number of aromatic nitrogens is 4. The van der Waals surface area contributed by atoms with Gasteiger partial charge in [0.05, 0.1) is 46.3 Å². The number of rotatable bonds is 8. The van der Waals surface area contributed by atoms with Crippen LogP contribution in [0.15, 0.2) is 54.9 Å². The highest BCUT2D eigenvalue weighted by molar-refractivity contribution is 6.05. The Labute approximate surface area is 349 Å². The molecule has 3 saturated heterocycles. The summed E-state index contributed by atoms with van der Waals surface area (Å²) in [6, 6.07) is 13.7. The summed E-state index contributed by atoms with van der Waals surface area (Å²) in [6.07, 6.45) is 7.29. The number of aliphatic hydroxyl groups is 1. The number of amides is 4. The molecule has 15 nitrogen and oxygen atoms in total. The lowest BCUT2D eigenvalue weighted by atomic mass is 9.89. The molecule has 3 aliphatic heterocycles. The van der Waals surface area contributed by atoms with E-state index in [1.54, 1.807) is 36.9 Å². The van der Waals surface area contributed by atoms with Crippen molar-refractivity contribution in [1.29, 1.82) is 5.26 Å². The normalized spacial score (nSPS) is 21.7. The Morgan fingerprint density at radius 1 is 0.951 bits per heavy atom. The molecule has 61 heavy (non-hydrogen) atoms. The van der Waals surface area contributed by atoms with Crippen LogP contribution in [0.4, 0.5) is 20.2 Å². The minimum Gasteiger partial charge on any atom is -0.386 e. The van der Waals surface area contributed by atoms with E-state index < -0.39 is 40.9 Å². The Balaban J connectivity index is 0.778. The number of anilines is 2. The van der Waals surface area contributed by atoms with E-state index in [2.05, 4.69) is 26.7 Å². The van der Waals surface area contributed by atoms with Crippen LogP contribution in [0.25, 0.3) is 16.4 Å². The number of piperidine rings is 1. The van der Waals surface area contributed by atoms with Crippen molar-refractivity contribution in [2.45, 2.75) is 76.0 Å². The number of hydrogen-bond acceptors (Lipinski definition) is 10. The number of imide groups is 1. The van der Waals surface area contributed by atoms with E-state index in [-0.39, 0.29) is 36.3 Å². The number of halogens is 2. The fourth-order valence-electron chi connectivity index (χ4n) is 9.46. The molecular formula is C44H46F2N10O5. The van der Waals surface area contributed by atoms with Gasteiger partial charge in [-0.2, -0.15) is 15.5 Å². The molecule has 3 N–H and O–H groups in total. The topological polar surface area (TPSA) is 181 Å². The summed E-state index contributed by atoms with van der Waals surface area (Å²) in [6.45, 7) is 6.81. The molecule has 4 fully saturated rings. The van der Waals surface area contributed by atoms with Gasteiger partial charge in [0.2, 0.25) is 17.7 Å². The average Bonchev–Trinajstić information content (AvgIpc) is 3.84. The average molecular weight is 833 g/mol. The van der Waals surface area contributed by atoms with E-state index in [4.69, 9.17) is 5.10 Å². The minimum atomic E-state index is -1.27. The summed E-state index contributed by atoms with van der Waals surface area (Å²) in [4.78, 5) is 56.8. The van der Waals surface area contributed by atoms with Crippen LogP contribution in [0.5, 0.6) is 0 Å². The van der Waals surface area contributed by atoms with Gasteiger partial charge in [-0.15, -0.1) is 0 Å². The number of benzene rings is 2. The maximum absolute atomic E-state index is 15.1. The largest absolute Gasteiger partial charge is 0.386 e. The van der Waals surface area contributed by atoms with Gasteiger partial charge in [-0.05, 0) is 88.4 Å². The van der Waals surface area contributed by atoms with Crippen LogP contribution in [-0.2, 0) is 20.0 Å². The lowest BCUT2D eigenvalue weighted by Crippen LogP contribution is -2.59. The fourth-order valence-corrected chi connectivity index (χ4v) is 9.46. The standard InChI is InChI=1S/C44H46F2N10O5/c1-44(2,61)33-19-36-26(16-37(33)49-42(59)38-9-7-30-15-25(20-47)21-48-56(30)38)24-55(51-36)29-5-3-28(4-6-29)52-11-13-53(14-12-52)43(60)27-22-54(23-27)31-17-34(45)40(35(46)18-31)32-8-10-39(57)50-41(32)58/h7,9,15-19,21,24,27-29,32,61H,3-6,8,10-14,22-23H2,1-2H3,(H,49,59)(H,50,57,58)/t28-,29-,32-/m1/s1. The van der Waals surface area contributed by atoms with Crippen molar-refractivity contribution >= 4 is 51.4 Å². The zero-order valence-corrected chi connectivity index (χ0v) is 33.9. The number of nitrogens with one attached hydrogen (secondary N) is 2. The zero-order chi connectivity index (χ0) is 42.7. The van der Waals surface area contributed by atoms with Crippen LogP contribution in [0.3, 0.4) is 0 Å². The maximum atomic E-state index is 15.1. The monoisotopic (exact) mass is 832 g/mol. The predicted molar refractivity (Wildman–Crippen MR) is 219 cm³/mol. The van der Waals surface area contributed by atoms with E-state index in [0.29, 0.717) is 71.4 Å². The summed E-state index contributed by atoms with van der Waals surface area (Å²) in [5.41, 5.74) is 1.72. The molecule has 4 amide bonds. The van der Waals surface area contributed by atoms with Gasteiger partial charge in [-0.25, -0.2) is 13.3 Å². The second-order valence-corrected chi connectivity index (χ2v) is 17.2. The maximum Gasteiger partial charge on any atom is 0.274 e. The zero-order valence-electron chi connectivity index (χ0n) is 33.9. The van der Waals surface area contributed by atoms with Crippen molar-refractivity contribution in [3.63, 3.8) is 0 Å². The Hall–Kier alpha value is -6.25. The van der Waals surface area contributed by atoms with Gasteiger partial charge in [0.25, 0.3) is 5.91 Å². The molecule has 1 aliphatic carbocycles. The van der Waals surface area contributed by atoms with Crippen LogP contribution in [-0.4, -0.2) is 103 Å². The van der Waals surface area contributed by atoms with Crippen molar-refractivity contribution in [2.75, 3.05) is 49.5 Å². The van der Waals surface area contributed by atoms with Crippen molar-refractivity contribution in [3.8, 4) is 6.07 Å². The van der Waals surface area contributed by atoms with Crippen LogP contribution in [0.2, 0.25) is 0 Å². The SMILES string of the molecule is CC(C)(O)c1cc2nn([C@H]3CC[C@H](N4CCN(C(=O)C5CN(c6cc(F)c([C@H]7CCC(=O)NC7=O)c(F)c6)C5)CC4)CC3)cc2cc1NC(=O)c1ccc2cc(C#N)cnn12. The Morgan fingerprint density at radius 2 is 1.66 bits per heavy atom. The van der Waals surface area contributed by atoms with Crippen molar-refractivity contribution < 1.29 is 33.1 Å². The third-order valence-electron chi connectivity index (χ3n) is 12.9. The van der Waals surface area contributed by atoms with Gasteiger partial charge < -0.3 is 20.2 Å². The van der Waals surface area contributed by atoms with Gasteiger partial charge in [-0.1, -0.05) is 0 Å². The number of carbonyl (C=O) groups excluding carboxylic acids is 4. The quantitative estimate of drug-likeness (QED) is 0.187. The number of carbonyl (C=O) groups is 4. The molecule has 1 saturated carbocycles. The second kappa shape index (κ2) is 15.7. The molecule has 5 aromatic rings. The minimum absolute atomic E-state index is 0.0213. The predicted octanol–water partition coefficient (Wildman–Crippen LogP) is 4.60. The van der Waals surface area contributed by atoms with E-state index in [0.717, 1.165) is 44.2 Å². The first-order valence-corrected chi connectivity index (χ1v) is 20.8. The molecule has 3 aromatic heterocycles. The Kier molecular flexibility index (Phi) is 10.3. The number of fused-ring (bicyclic) bond motifs is 2. The van der Waals surface area contributed by atoms with Crippen molar-refractivity contribution in [2.24, 2.45) is 5.92 Å². The molecule has 0 radical (unpaired) electrons. The second-order valence-electron chi connectivity index (χ2n) is 17.2. The van der Waals surface area contributed by atoms with E-state index in [1.165, 1.54) is 22.8 Å². The van der Waals surface area contributed by atoms with Crippen LogP contribution < -0.4 is 15.5 Å². The molecule has 0 bridgehead atoms. The first-order chi connectivity index (χ1) is 29.2. The molecule has 17 heteroatoms. The first-order valence-electron chi connectivity index (χ1n) is 20.8. The molecule has 316 valence electrons. The van der Waals surface area contributed by atoms with Crippen LogP contribution in [0, 0.1) is 28.9 Å². The number of nitriles is 1. The van der Waals surface area contributed by atoms with Gasteiger partial charge in [0.1, 0.15) is 23.4 Å². The molecule has 2 aromatic carbocycles. The number of hydrogen-bond donors (Lipinski definition) is 3. The first kappa shape index (κ1) is 40.2.